The fraction of sp³-hybridized carbons (Fsp3) is 0.357. The zero-order valence-electron chi connectivity index (χ0n) is 11.5. The van der Waals surface area contributed by atoms with E-state index in [0.717, 1.165) is 16.0 Å². The van der Waals surface area contributed by atoms with Crippen LogP contribution in [0.25, 0.3) is 0 Å². The maximum atomic E-state index is 12.6. The fourth-order valence-corrected chi connectivity index (χ4v) is 2.52. The van der Waals surface area contributed by atoms with Gasteiger partial charge in [0.25, 0.3) is 0 Å². The predicted octanol–water partition coefficient (Wildman–Crippen LogP) is -1.33. The molecule has 1 unspecified atom stereocenters. The zero-order chi connectivity index (χ0) is 15.4. The van der Waals surface area contributed by atoms with Gasteiger partial charge in [0.05, 0.1) is 19.0 Å². The van der Waals surface area contributed by atoms with Gasteiger partial charge < -0.3 is 21.7 Å². The molecule has 0 saturated heterocycles. The highest BCUT2D eigenvalue weighted by molar-refractivity contribution is 5.91. The number of amides is 3. The highest BCUT2D eigenvalue weighted by atomic mass is 16.2. The summed E-state index contributed by atoms with van der Waals surface area (Å²) >= 11 is 0. The Bertz CT molecular complexity index is 557. The minimum atomic E-state index is -0.679. The van der Waals surface area contributed by atoms with Crippen LogP contribution in [0.5, 0.6) is 0 Å². The number of nitrogens with one attached hydrogen (secondary N) is 1. The van der Waals surface area contributed by atoms with E-state index in [0.29, 0.717) is 13.1 Å². The first-order valence-corrected chi connectivity index (χ1v) is 6.63. The summed E-state index contributed by atoms with van der Waals surface area (Å²) in [5.74, 6) is -2.13. The van der Waals surface area contributed by atoms with E-state index in [9.17, 15) is 14.4 Å². The van der Waals surface area contributed by atoms with Gasteiger partial charge in [0, 0.05) is 13.1 Å². The smallest absolute Gasteiger partial charge is 0.237 e. The van der Waals surface area contributed by atoms with Gasteiger partial charge in [-0.2, -0.15) is 0 Å². The number of primary amides is 2. The van der Waals surface area contributed by atoms with Crippen LogP contribution in [0.4, 0.5) is 0 Å². The molecule has 0 saturated carbocycles. The molecule has 1 aliphatic rings. The molecule has 0 bridgehead atoms. The third kappa shape index (κ3) is 3.57. The molecule has 0 aliphatic carbocycles. The standard InChI is InChI=1S/C14H18N4O3/c15-12(19)7-18(8-13(16)20)14(21)11-6-17-5-9-3-1-2-4-10(9)11/h1-4,11,17H,5-8H2,(H2,15,19)(H2,16,20). The van der Waals surface area contributed by atoms with Gasteiger partial charge in [-0.3, -0.25) is 14.4 Å². The number of fused-ring (bicyclic) bond motifs is 1. The second-order valence-corrected chi connectivity index (χ2v) is 5.01. The molecule has 2 rings (SSSR count). The number of nitrogens with zero attached hydrogens (tertiary/aromatic N) is 1. The molecule has 112 valence electrons. The summed E-state index contributed by atoms with van der Waals surface area (Å²) in [7, 11) is 0. The molecule has 1 heterocycles. The van der Waals surface area contributed by atoms with E-state index in [2.05, 4.69) is 5.32 Å². The Labute approximate surface area is 122 Å². The van der Waals surface area contributed by atoms with Crippen molar-refractivity contribution in [3.8, 4) is 0 Å². The molecule has 0 radical (unpaired) electrons. The van der Waals surface area contributed by atoms with Crippen LogP contribution in [0.3, 0.4) is 0 Å². The Morgan fingerprint density at radius 2 is 1.76 bits per heavy atom. The fourth-order valence-electron chi connectivity index (χ4n) is 2.52. The molecule has 7 heteroatoms. The first-order valence-electron chi connectivity index (χ1n) is 6.63. The van der Waals surface area contributed by atoms with Gasteiger partial charge in [0.2, 0.25) is 17.7 Å². The summed E-state index contributed by atoms with van der Waals surface area (Å²) in [6, 6.07) is 7.58. The molecule has 3 amide bonds. The third-order valence-electron chi connectivity index (χ3n) is 3.40. The number of benzene rings is 1. The average Bonchev–Trinajstić information content (AvgIpc) is 2.44. The monoisotopic (exact) mass is 290 g/mol. The van der Waals surface area contributed by atoms with Gasteiger partial charge in [0.1, 0.15) is 0 Å². The van der Waals surface area contributed by atoms with E-state index in [1.54, 1.807) is 0 Å². The Hall–Kier alpha value is -2.41. The van der Waals surface area contributed by atoms with Crippen molar-refractivity contribution in [1.29, 1.82) is 0 Å². The number of rotatable bonds is 5. The lowest BCUT2D eigenvalue weighted by Crippen LogP contribution is -2.47. The number of carbonyl (C=O) groups excluding carboxylic acids is 3. The van der Waals surface area contributed by atoms with Crippen LogP contribution >= 0.6 is 0 Å². The summed E-state index contributed by atoms with van der Waals surface area (Å²) in [5, 5.41) is 3.15. The second kappa shape index (κ2) is 6.36. The maximum Gasteiger partial charge on any atom is 0.237 e. The SMILES string of the molecule is NC(=O)CN(CC(N)=O)C(=O)C1CNCc2ccccc21. The van der Waals surface area contributed by atoms with Gasteiger partial charge in [-0.15, -0.1) is 0 Å². The summed E-state index contributed by atoms with van der Waals surface area (Å²) in [4.78, 5) is 35.9. The van der Waals surface area contributed by atoms with Crippen LogP contribution in [0.1, 0.15) is 17.0 Å². The van der Waals surface area contributed by atoms with Crippen molar-refractivity contribution in [2.24, 2.45) is 11.5 Å². The van der Waals surface area contributed by atoms with Crippen molar-refractivity contribution in [2.75, 3.05) is 19.6 Å². The Kier molecular flexibility index (Phi) is 4.54. The molecule has 1 aliphatic heterocycles. The average molecular weight is 290 g/mol. The lowest BCUT2D eigenvalue weighted by molar-refractivity contribution is -0.139. The maximum absolute atomic E-state index is 12.6. The molecule has 0 spiro atoms. The molecule has 0 aromatic heterocycles. The Morgan fingerprint density at radius 3 is 2.38 bits per heavy atom. The Balaban J connectivity index is 2.25. The van der Waals surface area contributed by atoms with E-state index < -0.39 is 17.7 Å². The van der Waals surface area contributed by atoms with Crippen LogP contribution in [0.2, 0.25) is 0 Å². The number of carbonyl (C=O) groups is 3. The predicted molar refractivity (Wildman–Crippen MR) is 75.9 cm³/mol. The molecule has 0 fully saturated rings. The van der Waals surface area contributed by atoms with Gasteiger partial charge in [-0.25, -0.2) is 0 Å². The molecular weight excluding hydrogens is 272 g/mol. The van der Waals surface area contributed by atoms with Gasteiger partial charge in [-0.1, -0.05) is 24.3 Å². The van der Waals surface area contributed by atoms with Crippen molar-refractivity contribution in [1.82, 2.24) is 10.2 Å². The van der Waals surface area contributed by atoms with Crippen LogP contribution in [0, 0.1) is 0 Å². The zero-order valence-corrected chi connectivity index (χ0v) is 11.5. The number of hydrogen-bond donors (Lipinski definition) is 3. The molecule has 7 nitrogen and oxygen atoms in total. The molecule has 5 N–H and O–H groups in total. The topological polar surface area (TPSA) is 119 Å². The molecule has 21 heavy (non-hydrogen) atoms. The van der Waals surface area contributed by atoms with Gasteiger partial charge in [0.15, 0.2) is 0 Å². The van der Waals surface area contributed by atoms with Crippen LogP contribution in [-0.2, 0) is 20.9 Å². The summed E-state index contributed by atoms with van der Waals surface area (Å²) < 4.78 is 0. The molecule has 1 atom stereocenters. The normalized spacial score (nSPS) is 16.9. The summed E-state index contributed by atoms with van der Waals surface area (Å²) in [5.41, 5.74) is 12.2. The van der Waals surface area contributed by atoms with Gasteiger partial charge in [-0.05, 0) is 11.1 Å². The largest absolute Gasteiger partial charge is 0.368 e. The summed E-state index contributed by atoms with van der Waals surface area (Å²) in [6.45, 7) is 0.496. The van der Waals surface area contributed by atoms with Crippen molar-refractivity contribution >= 4 is 17.7 Å². The highest BCUT2D eigenvalue weighted by Crippen LogP contribution is 2.25. The van der Waals surface area contributed by atoms with E-state index in [-0.39, 0.29) is 19.0 Å². The van der Waals surface area contributed by atoms with Crippen LogP contribution in [-0.4, -0.2) is 42.3 Å². The van der Waals surface area contributed by atoms with E-state index in [1.807, 2.05) is 24.3 Å². The minimum absolute atomic E-state index is 0.319. The lowest BCUT2D eigenvalue weighted by atomic mass is 9.89. The molecule has 1 aromatic carbocycles. The number of hydrogen-bond acceptors (Lipinski definition) is 4. The number of nitrogens with two attached hydrogens (primary N) is 2. The highest BCUT2D eigenvalue weighted by Gasteiger charge is 2.30. The van der Waals surface area contributed by atoms with Crippen LogP contribution in [0.15, 0.2) is 24.3 Å². The van der Waals surface area contributed by atoms with E-state index >= 15 is 0 Å². The quantitative estimate of drug-likeness (QED) is 0.622. The van der Waals surface area contributed by atoms with E-state index in [4.69, 9.17) is 11.5 Å². The van der Waals surface area contributed by atoms with E-state index in [1.165, 1.54) is 0 Å². The minimum Gasteiger partial charge on any atom is -0.368 e. The van der Waals surface area contributed by atoms with Crippen molar-refractivity contribution < 1.29 is 14.4 Å². The Morgan fingerprint density at radius 1 is 1.14 bits per heavy atom. The van der Waals surface area contributed by atoms with Crippen molar-refractivity contribution in [3.05, 3.63) is 35.4 Å². The lowest BCUT2D eigenvalue weighted by Gasteiger charge is -2.30. The molecule has 1 aromatic rings. The first-order chi connectivity index (χ1) is 9.99. The first kappa shape index (κ1) is 15.0. The second-order valence-electron chi connectivity index (χ2n) is 5.01. The molecular formula is C14H18N4O3. The van der Waals surface area contributed by atoms with Gasteiger partial charge >= 0.3 is 0 Å². The third-order valence-corrected chi connectivity index (χ3v) is 3.40. The van der Waals surface area contributed by atoms with Crippen LogP contribution < -0.4 is 16.8 Å². The summed E-state index contributed by atoms with van der Waals surface area (Å²) in [6.07, 6.45) is 0. The van der Waals surface area contributed by atoms with Crippen molar-refractivity contribution in [2.45, 2.75) is 12.5 Å². The van der Waals surface area contributed by atoms with Crippen molar-refractivity contribution in [3.63, 3.8) is 0 Å².